The maximum Gasteiger partial charge on any atom is 0.273 e. The third-order valence-electron chi connectivity index (χ3n) is 4.33. The van der Waals surface area contributed by atoms with Crippen molar-refractivity contribution in [1.82, 2.24) is 9.88 Å². The molecule has 0 spiro atoms. The Hall–Kier alpha value is -2.80. The summed E-state index contributed by atoms with van der Waals surface area (Å²) < 4.78 is 32.2. The first-order chi connectivity index (χ1) is 13.3. The monoisotopic (exact) mass is 402 g/mol. The zero-order chi connectivity index (χ0) is 20.3. The van der Waals surface area contributed by atoms with Crippen LogP contribution >= 0.6 is 11.3 Å². The molecule has 3 aromatic rings. The number of thiazole rings is 1. The number of aromatic nitrogens is 1. The molecular weight excluding hydrogens is 382 g/mol. The zero-order valence-electron chi connectivity index (χ0n) is 15.8. The normalized spacial score (nSPS) is 10.9. The number of hydrogen-bond donors (Lipinski definition) is 0. The van der Waals surface area contributed by atoms with E-state index in [0.717, 1.165) is 16.6 Å². The minimum absolute atomic E-state index is 0.00288. The molecule has 2 aromatic carbocycles. The fourth-order valence-electron chi connectivity index (χ4n) is 2.41. The Morgan fingerprint density at radius 3 is 2.54 bits per heavy atom. The van der Waals surface area contributed by atoms with Crippen molar-refractivity contribution >= 4 is 17.2 Å². The number of halogens is 2. The van der Waals surface area contributed by atoms with Gasteiger partial charge in [-0.2, -0.15) is 0 Å². The first kappa shape index (κ1) is 19.9. The van der Waals surface area contributed by atoms with Crippen LogP contribution in [0.5, 0.6) is 5.75 Å². The fraction of sp³-hybridized carbons (Fsp3) is 0.238. The van der Waals surface area contributed by atoms with Gasteiger partial charge in [-0.05, 0) is 50.2 Å². The number of carbonyl (C=O) groups is 1. The van der Waals surface area contributed by atoms with Gasteiger partial charge in [0.1, 0.15) is 34.7 Å². The van der Waals surface area contributed by atoms with E-state index in [0.29, 0.717) is 11.4 Å². The molecule has 0 aliphatic carbocycles. The molecule has 146 valence electrons. The van der Waals surface area contributed by atoms with E-state index in [9.17, 15) is 13.6 Å². The van der Waals surface area contributed by atoms with Crippen molar-refractivity contribution in [3.05, 3.63) is 70.7 Å². The molecule has 3 rings (SSSR count). The Balaban J connectivity index is 1.67. The summed E-state index contributed by atoms with van der Waals surface area (Å²) in [6.45, 7) is 3.90. The van der Waals surface area contributed by atoms with Gasteiger partial charge in [-0.15, -0.1) is 11.3 Å². The van der Waals surface area contributed by atoms with Gasteiger partial charge in [-0.3, -0.25) is 4.79 Å². The SMILES string of the molecule is CC(C)N(C)C(=O)c1csc(-c2ccc(OCc3ccc(F)cc3F)cc2)n1. The van der Waals surface area contributed by atoms with E-state index >= 15 is 0 Å². The van der Waals surface area contributed by atoms with Crippen LogP contribution < -0.4 is 4.74 Å². The van der Waals surface area contributed by atoms with Crippen LogP contribution in [0.3, 0.4) is 0 Å². The van der Waals surface area contributed by atoms with Crippen LogP contribution in [0.2, 0.25) is 0 Å². The Labute approximate surface area is 166 Å². The number of rotatable bonds is 6. The van der Waals surface area contributed by atoms with E-state index in [2.05, 4.69) is 4.98 Å². The van der Waals surface area contributed by atoms with Crippen LogP contribution in [-0.4, -0.2) is 28.9 Å². The predicted octanol–water partition coefficient (Wildman–Crippen LogP) is 5.15. The molecule has 0 radical (unpaired) electrons. The van der Waals surface area contributed by atoms with E-state index in [1.54, 1.807) is 29.5 Å². The average molecular weight is 402 g/mol. The van der Waals surface area contributed by atoms with E-state index in [-0.39, 0.29) is 24.1 Å². The molecule has 0 bridgehead atoms. The molecule has 0 aliphatic heterocycles. The molecule has 1 heterocycles. The number of amides is 1. The molecule has 4 nitrogen and oxygen atoms in total. The van der Waals surface area contributed by atoms with Gasteiger partial charge in [-0.1, -0.05) is 0 Å². The summed E-state index contributed by atoms with van der Waals surface area (Å²) in [5.74, 6) is -0.812. The summed E-state index contributed by atoms with van der Waals surface area (Å²) >= 11 is 1.39. The lowest BCUT2D eigenvalue weighted by atomic mass is 10.2. The van der Waals surface area contributed by atoms with Crippen molar-refractivity contribution in [3.8, 4) is 16.3 Å². The molecule has 0 saturated heterocycles. The minimum Gasteiger partial charge on any atom is -0.489 e. The van der Waals surface area contributed by atoms with Crippen LogP contribution in [0, 0.1) is 11.6 Å². The third kappa shape index (κ3) is 4.54. The van der Waals surface area contributed by atoms with Gasteiger partial charge in [0.25, 0.3) is 5.91 Å². The summed E-state index contributed by atoms with van der Waals surface area (Å²) in [6, 6.07) is 10.6. The summed E-state index contributed by atoms with van der Waals surface area (Å²) in [5.41, 5.74) is 1.56. The highest BCUT2D eigenvalue weighted by Crippen LogP contribution is 2.27. The van der Waals surface area contributed by atoms with Crippen LogP contribution in [0.4, 0.5) is 8.78 Å². The van der Waals surface area contributed by atoms with Gasteiger partial charge in [-0.25, -0.2) is 13.8 Å². The second-order valence-corrected chi connectivity index (χ2v) is 7.45. The lowest BCUT2D eigenvalue weighted by Gasteiger charge is -2.19. The van der Waals surface area contributed by atoms with Crippen molar-refractivity contribution in [2.24, 2.45) is 0 Å². The minimum atomic E-state index is -0.636. The van der Waals surface area contributed by atoms with Crippen LogP contribution in [-0.2, 0) is 6.61 Å². The Morgan fingerprint density at radius 1 is 1.18 bits per heavy atom. The van der Waals surface area contributed by atoms with Gasteiger partial charge in [0.2, 0.25) is 0 Å². The first-order valence-electron chi connectivity index (χ1n) is 8.75. The summed E-state index contributed by atoms with van der Waals surface area (Å²) in [5, 5.41) is 2.48. The van der Waals surface area contributed by atoms with E-state index in [4.69, 9.17) is 4.74 Å². The Bertz CT molecular complexity index is 971. The molecule has 0 atom stereocenters. The predicted molar refractivity (Wildman–Crippen MR) is 105 cm³/mol. The van der Waals surface area contributed by atoms with E-state index in [1.807, 2.05) is 26.0 Å². The topological polar surface area (TPSA) is 42.4 Å². The number of benzene rings is 2. The molecular formula is C21H20F2N2O2S. The molecule has 7 heteroatoms. The third-order valence-corrected chi connectivity index (χ3v) is 5.22. The first-order valence-corrected chi connectivity index (χ1v) is 9.63. The van der Waals surface area contributed by atoms with E-state index in [1.165, 1.54) is 23.5 Å². The fourth-order valence-corrected chi connectivity index (χ4v) is 3.21. The standard InChI is InChI=1S/C21H20F2N2O2S/c1-13(2)25(3)21(26)19-12-28-20(24-19)14-5-8-17(9-6-14)27-11-15-4-7-16(22)10-18(15)23/h4-10,12-13H,11H2,1-3H3. The zero-order valence-corrected chi connectivity index (χ0v) is 16.6. The number of carbonyl (C=O) groups excluding carboxylic acids is 1. The maximum atomic E-state index is 13.7. The van der Waals surface area contributed by atoms with Crippen molar-refractivity contribution in [2.45, 2.75) is 26.5 Å². The second-order valence-electron chi connectivity index (χ2n) is 6.60. The molecule has 0 N–H and O–H groups in total. The molecule has 1 aromatic heterocycles. The number of ether oxygens (including phenoxy) is 1. The lowest BCUT2D eigenvalue weighted by Crippen LogP contribution is -2.33. The second kappa shape index (κ2) is 8.48. The Morgan fingerprint density at radius 2 is 1.89 bits per heavy atom. The lowest BCUT2D eigenvalue weighted by molar-refractivity contribution is 0.0750. The van der Waals surface area contributed by atoms with Gasteiger partial charge in [0.15, 0.2) is 0 Å². The number of nitrogens with zero attached hydrogens (tertiary/aromatic N) is 2. The number of hydrogen-bond acceptors (Lipinski definition) is 4. The van der Waals surface area contributed by atoms with Crippen molar-refractivity contribution in [3.63, 3.8) is 0 Å². The largest absolute Gasteiger partial charge is 0.489 e. The molecule has 0 aliphatic rings. The van der Waals surface area contributed by atoms with Gasteiger partial charge in [0.05, 0.1) is 0 Å². The highest BCUT2D eigenvalue weighted by Gasteiger charge is 2.18. The van der Waals surface area contributed by atoms with Gasteiger partial charge in [0, 0.05) is 35.7 Å². The van der Waals surface area contributed by atoms with Gasteiger partial charge >= 0.3 is 0 Å². The molecule has 0 unspecified atom stereocenters. The van der Waals surface area contributed by atoms with Crippen molar-refractivity contribution < 1.29 is 18.3 Å². The van der Waals surface area contributed by atoms with Crippen LogP contribution in [0.15, 0.2) is 47.8 Å². The van der Waals surface area contributed by atoms with Crippen LogP contribution in [0.1, 0.15) is 29.9 Å². The molecule has 28 heavy (non-hydrogen) atoms. The quantitative estimate of drug-likeness (QED) is 0.573. The maximum absolute atomic E-state index is 13.7. The van der Waals surface area contributed by atoms with E-state index < -0.39 is 11.6 Å². The molecule has 0 saturated carbocycles. The van der Waals surface area contributed by atoms with Crippen molar-refractivity contribution in [2.75, 3.05) is 7.05 Å². The smallest absolute Gasteiger partial charge is 0.273 e. The summed E-state index contributed by atoms with van der Waals surface area (Å²) in [6.07, 6.45) is 0. The highest BCUT2D eigenvalue weighted by atomic mass is 32.1. The van der Waals surface area contributed by atoms with Crippen LogP contribution in [0.25, 0.3) is 10.6 Å². The summed E-state index contributed by atoms with van der Waals surface area (Å²) in [7, 11) is 1.75. The summed E-state index contributed by atoms with van der Waals surface area (Å²) in [4.78, 5) is 18.4. The van der Waals surface area contributed by atoms with Crippen molar-refractivity contribution in [1.29, 1.82) is 0 Å². The molecule has 0 fully saturated rings. The molecule has 1 amide bonds. The highest BCUT2D eigenvalue weighted by molar-refractivity contribution is 7.13. The van der Waals surface area contributed by atoms with Gasteiger partial charge < -0.3 is 9.64 Å². The average Bonchev–Trinajstić information content (AvgIpc) is 3.16. The Kier molecular flexibility index (Phi) is 6.04.